The molecule has 5 heteroatoms. The number of morpholine rings is 1. The van der Waals surface area contributed by atoms with Gasteiger partial charge in [0.2, 0.25) is 0 Å². The van der Waals surface area contributed by atoms with Crippen LogP contribution in [0.25, 0.3) is 0 Å². The Balaban J connectivity index is 1.59. The minimum Gasteiger partial charge on any atom is -0.481 e. The maximum atomic E-state index is 12.7. The summed E-state index contributed by atoms with van der Waals surface area (Å²) in [4.78, 5) is 15.0. The number of carbonyl (C=O) groups is 1. The number of amides is 1. The molecule has 1 amide bonds. The molecule has 0 radical (unpaired) electrons. The second-order valence-corrected chi connectivity index (χ2v) is 8.42. The summed E-state index contributed by atoms with van der Waals surface area (Å²) >= 11 is 0. The molecule has 5 nitrogen and oxygen atoms in total. The van der Waals surface area contributed by atoms with Gasteiger partial charge in [0.05, 0.1) is 13.2 Å². The maximum absolute atomic E-state index is 12.7. The fourth-order valence-electron chi connectivity index (χ4n) is 3.32. The van der Waals surface area contributed by atoms with Crippen LogP contribution in [0, 0.1) is 0 Å². The van der Waals surface area contributed by atoms with Gasteiger partial charge in [-0.05, 0) is 53.8 Å². The van der Waals surface area contributed by atoms with Crippen molar-refractivity contribution in [2.75, 3.05) is 36.5 Å². The lowest BCUT2D eigenvalue weighted by atomic mass is 9.87. The Morgan fingerprint density at radius 1 is 1.07 bits per heavy atom. The van der Waals surface area contributed by atoms with Gasteiger partial charge in [-0.3, -0.25) is 4.79 Å². The van der Waals surface area contributed by atoms with Gasteiger partial charge in [-0.25, -0.2) is 0 Å². The van der Waals surface area contributed by atoms with E-state index in [0.717, 1.165) is 37.7 Å². The molecule has 0 aromatic heterocycles. The normalized spacial score (nSPS) is 15.7. The fraction of sp³-hybridized carbons (Fsp3) is 0.458. The molecule has 0 aliphatic carbocycles. The highest BCUT2D eigenvalue weighted by atomic mass is 16.5. The van der Waals surface area contributed by atoms with Gasteiger partial charge in [-0.1, -0.05) is 39.8 Å². The molecule has 3 rings (SSSR count). The van der Waals surface area contributed by atoms with E-state index in [9.17, 15) is 4.79 Å². The summed E-state index contributed by atoms with van der Waals surface area (Å²) in [5.74, 6) is 0.578. The number of ether oxygens (including phenoxy) is 2. The van der Waals surface area contributed by atoms with Crippen LogP contribution < -0.4 is 15.0 Å². The zero-order valence-corrected chi connectivity index (χ0v) is 17.9. The van der Waals surface area contributed by atoms with Gasteiger partial charge in [0.15, 0.2) is 6.10 Å². The quantitative estimate of drug-likeness (QED) is 0.774. The number of nitrogens with zero attached hydrogens (tertiary/aromatic N) is 1. The first-order valence-corrected chi connectivity index (χ1v) is 10.4. The average Bonchev–Trinajstić information content (AvgIpc) is 2.73. The van der Waals surface area contributed by atoms with Crippen LogP contribution in [0.5, 0.6) is 5.75 Å². The van der Waals surface area contributed by atoms with Gasteiger partial charge in [0.25, 0.3) is 5.91 Å². The van der Waals surface area contributed by atoms with Gasteiger partial charge in [0, 0.05) is 24.5 Å². The molecule has 1 heterocycles. The van der Waals surface area contributed by atoms with Crippen molar-refractivity contribution in [1.29, 1.82) is 0 Å². The van der Waals surface area contributed by atoms with Crippen molar-refractivity contribution < 1.29 is 14.3 Å². The first-order chi connectivity index (χ1) is 13.9. The second-order valence-electron chi connectivity index (χ2n) is 8.42. The van der Waals surface area contributed by atoms with Crippen molar-refractivity contribution in [2.24, 2.45) is 0 Å². The van der Waals surface area contributed by atoms with Crippen LogP contribution in [0.1, 0.15) is 39.7 Å². The van der Waals surface area contributed by atoms with E-state index in [0.29, 0.717) is 12.2 Å². The lowest BCUT2D eigenvalue weighted by molar-refractivity contribution is -0.122. The molecule has 1 fully saturated rings. The van der Waals surface area contributed by atoms with E-state index in [1.165, 1.54) is 5.56 Å². The van der Waals surface area contributed by atoms with Gasteiger partial charge in [0.1, 0.15) is 5.75 Å². The monoisotopic (exact) mass is 396 g/mol. The van der Waals surface area contributed by atoms with Crippen molar-refractivity contribution in [2.45, 2.75) is 45.6 Å². The van der Waals surface area contributed by atoms with Crippen LogP contribution in [0.15, 0.2) is 48.5 Å². The molecule has 1 atom stereocenters. The van der Waals surface area contributed by atoms with Crippen molar-refractivity contribution in [3.63, 3.8) is 0 Å². The number of hydrogen-bond acceptors (Lipinski definition) is 4. The molecule has 156 valence electrons. The molecular weight excluding hydrogens is 364 g/mol. The lowest BCUT2D eigenvalue weighted by Crippen LogP contribution is -2.36. The minimum atomic E-state index is -0.533. The molecule has 0 spiro atoms. The Morgan fingerprint density at radius 2 is 1.69 bits per heavy atom. The summed E-state index contributed by atoms with van der Waals surface area (Å²) in [6.07, 6.45) is 0.0630. The van der Waals surface area contributed by atoms with E-state index >= 15 is 0 Å². The summed E-state index contributed by atoms with van der Waals surface area (Å²) in [6.45, 7) is 11.8. The van der Waals surface area contributed by atoms with Crippen molar-refractivity contribution >= 4 is 17.3 Å². The fourth-order valence-corrected chi connectivity index (χ4v) is 3.32. The predicted molar refractivity (Wildman–Crippen MR) is 118 cm³/mol. The van der Waals surface area contributed by atoms with E-state index < -0.39 is 6.10 Å². The minimum absolute atomic E-state index is 0.0907. The maximum Gasteiger partial charge on any atom is 0.265 e. The Labute approximate surface area is 174 Å². The Kier molecular flexibility index (Phi) is 6.80. The van der Waals surface area contributed by atoms with Crippen LogP contribution >= 0.6 is 0 Å². The Hall–Kier alpha value is -2.53. The third-order valence-electron chi connectivity index (χ3n) is 5.17. The van der Waals surface area contributed by atoms with Crippen molar-refractivity contribution in [1.82, 2.24) is 0 Å². The highest BCUT2D eigenvalue weighted by Crippen LogP contribution is 2.25. The van der Waals surface area contributed by atoms with Gasteiger partial charge in [-0.15, -0.1) is 0 Å². The zero-order valence-electron chi connectivity index (χ0n) is 17.9. The molecule has 1 N–H and O–H groups in total. The van der Waals surface area contributed by atoms with Crippen LogP contribution in [-0.2, 0) is 14.9 Å². The summed E-state index contributed by atoms with van der Waals surface area (Å²) < 4.78 is 11.3. The molecule has 2 aromatic rings. The van der Waals surface area contributed by atoms with Gasteiger partial charge < -0.3 is 19.7 Å². The lowest BCUT2D eigenvalue weighted by Gasteiger charge is -2.29. The highest BCUT2D eigenvalue weighted by molar-refractivity contribution is 5.94. The van der Waals surface area contributed by atoms with Crippen molar-refractivity contribution in [3.8, 4) is 5.75 Å². The number of nitrogens with one attached hydrogen (secondary N) is 1. The Morgan fingerprint density at radius 3 is 2.24 bits per heavy atom. The van der Waals surface area contributed by atoms with Gasteiger partial charge in [-0.2, -0.15) is 0 Å². The van der Waals surface area contributed by atoms with E-state index in [4.69, 9.17) is 9.47 Å². The molecule has 1 aliphatic rings. The van der Waals surface area contributed by atoms with Crippen LogP contribution in [0.2, 0.25) is 0 Å². The van der Waals surface area contributed by atoms with Crippen molar-refractivity contribution in [3.05, 3.63) is 54.1 Å². The molecular formula is C24H32N2O3. The van der Waals surface area contributed by atoms with Crippen LogP contribution in [0.3, 0.4) is 0 Å². The molecule has 2 aromatic carbocycles. The molecule has 0 bridgehead atoms. The topological polar surface area (TPSA) is 50.8 Å². The number of anilines is 2. The number of benzene rings is 2. The first kappa shape index (κ1) is 21.2. The van der Waals surface area contributed by atoms with Gasteiger partial charge >= 0.3 is 0 Å². The third kappa shape index (κ3) is 5.73. The van der Waals surface area contributed by atoms with Crippen LogP contribution in [0.4, 0.5) is 11.4 Å². The molecule has 29 heavy (non-hydrogen) atoms. The zero-order chi connectivity index (χ0) is 20.9. The molecule has 0 saturated carbocycles. The summed E-state index contributed by atoms with van der Waals surface area (Å²) in [5.41, 5.74) is 3.25. The average molecular weight is 397 g/mol. The Bertz CT molecular complexity index is 788. The number of carbonyl (C=O) groups excluding carboxylic acids is 1. The molecule has 1 saturated heterocycles. The first-order valence-electron chi connectivity index (χ1n) is 10.4. The predicted octanol–water partition coefficient (Wildman–Crippen LogP) is 4.62. The van der Waals surface area contributed by atoms with E-state index in [-0.39, 0.29) is 11.3 Å². The largest absolute Gasteiger partial charge is 0.481 e. The van der Waals surface area contributed by atoms with E-state index in [1.54, 1.807) is 0 Å². The number of hydrogen-bond donors (Lipinski definition) is 1. The summed E-state index contributed by atoms with van der Waals surface area (Å²) in [5, 5.41) is 2.97. The summed E-state index contributed by atoms with van der Waals surface area (Å²) in [7, 11) is 0. The van der Waals surface area contributed by atoms with Crippen LogP contribution in [-0.4, -0.2) is 38.3 Å². The SMILES string of the molecule is CCC(Oc1ccc(C(C)(C)C)cc1)C(=O)Nc1ccc(N2CCOCC2)cc1. The highest BCUT2D eigenvalue weighted by Gasteiger charge is 2.20. The second kappa shape index (κ2) is 9.31. The number of rotatable bonds is 6. The standard InChI is InChI=1S/C24H32N2O3/c1-5-22(29-21-12-6-18(7-13-21)24(2,3)4)23(27)25-19-8-10-20(11-9-19)26-14-16-28-17-15-26/h6-13,22H,5,14-17H2,1-4H3,(H,25,27). The third-order valence-corrected chi connectivity index (χ3v) is 5.17. The summed E-state index contributed by atoms with van der Waals surface area (Å²) in [6, 6.07) is 15.9. The smallest absolute Gasteiger partial charge is 0.265 e. The molecule has 1 aliphatic heterocycles. The van der Waals surface area contributed by atoms with E-state index in [2.05, 4.69) is 43.1 Å². The molecule has 1 unspecified atom stereocenters. The van der Waals surface area contributed by atoms with E-state index in [1.807, 2.05) is 43.3 Å².